The first-order valence-electron chi connectivity index (χ1n) is 6.22. The first-order chi connectivity index (χ1) is 7.66. The van der Waals surface area contributed by atoms with Crippen molar-refractivity contribution < 1.29 is 13.2 Å². The Balaban J connectivity index is 2.77. The molecule has 0 N–H and O–H groups in total. The van der Waals surface area contributed by atoms with Gasteiger partial charge in [0.1, 0.15) is 6.04 Å². The number of rotatable bonds is 2. The Morgan fingerprint density at radius 3 is 2.12 bits per heavy atom. The number of piperazine rings is 1. The topological polar surface area (TPSA) is 6.48 Å². The van der Waals surface area contributed by atoms with Crippen LogP contribution in [0.4, 0.5) is 13.2 Å². The van der Waals surface area contributed by atoms with Gasteiger partial charge in [0, 0.05) is 25.2 Å². The second-order valence-electron chi connectivity index (χ2n) is 5.71. The zero-order valence-electron chi connectivity index (χ0n) is 11.1. The molecule has 17 heavy (non-hydrogen) atoms. The second kappa shape index (κ2) is 5.14. The van der Waals surface area contributed by atoms with Crippen LogP contribution in [0.1, 0.15) is 34.1 Å². The average molecular weight is 252 g/mol. The minimum atomic E-state index is -4.13. The molecule has 102 valence electrons. The maximum Gasteiger partial charge on any atom is 0.405 e. The first-order valence-corrected chi connectivity index (χ1v) is 6.22. The van der Waals surface area contributed by atoms with Crippen LogP contribution in [-0.2, 0) is 0 Å². The molecule has 1 aliphatic rings. The average Bonchev–Trinajstić information content (AvgIpc) is 2.15. The van der Waals surface area contributed by atoms with E-state index in [0.29, 0.717) is 13.1 Å². The molecular weight excluding hydrogens is 229 g/mol. The zero-order chi connectivity index (χ0) is 13.3. The molecule has 0 radical (unpaired) electrons. The SMILES string of the molecule is CCCN1CCN(C(C)(C)C)CC1C(F)(F)F. The van der Waals surface area contributed by atoms with Crippen molar-refractivity contribution in [3.63, 3.8) is 0 Å². The highest BCUT2D eigenvalue weighted by molar-refractivity contribution is 4.91. The molecule has 0 aromatic heterocycles. The van der Waals surface area contributed by atoms with Crippen LogP contribution >= 0.6 is 0 Å². The molecule has 0 aromatic rings. The predicted molar refractivity (Wildman–Crippen MR) is 63.0 cm³/mol. The number of alkyl halides is 3. The largest absolute Gasteiger partial charge is 0.405 e. The van der Waals surface area contributed by atoms with E-state index in [1.165, 1.54) is 0 Å². The molecule has 1 atom stereocenters. The van der Waals surface area contributed by atoms with Gasteiger partial charge in [-0.25, -0.2) is 0 Å². The molecule has 0 bridgehead atoms. The van der Waals surface area contributed by atoms with Crippen LogP contribution in [0.5, 0.6) is 0 Å². The van der Waals surface area contributed by atoms with Gasteiger partial charge in [-0.3, -0.25) is 9.80 Å². The van der Waals surface area contributed by atoms with Crippen LogP contribution in [-0.4, -0.2) is 53.7 Å². The van der Waals surface area contributed by atoms with Gasteiger partial charge in [0.2, 0.25) is 0 Å². The number of hydrogen-bond acceptors (Lipinski definition) is 2. The first kappa shape index (κ1) is 14.8. The number of halogens is 3. The van der Waals surface area contributed by atoms with Crippen molar-refractivity contribution in [1.29, 1.82) is 0 Å². The standard InChI is InChI=1S/C12H23F3N2/c1-5-6-16-7-8-17(11(2,3)4)9-10(16)12(13,14)15/h10H,5-9H2,1-4H3. The van der Waals surface area contributed by atoms with Crippen LogP contribution in [0, 0.1) is 0 Å². The molecule has 1 rings (SSSR count). The molecule has 0 saturated carbocycles. The fraction of sp³-hybridized carbons (Fsp3) is 1.00. The smallest absolute Gasteiger partial charge is 0.295 e. The molecule has 0 amide bonds. The van der Waals surface area contributed by atoms with E-state index in [1.54, 1.807) is 4.90 Å². The summed E-state index contributed by atoms with van der Waals surface area (Å²) in [7, 11) is 0. The summed E-state index contributed by atoms with van der Waals surface area (Å²) in [6, 6.07) is -1.31. The van der Waals surface area contributed by atoms with E-state index in [2.05, 4.69) is 0 Å². The summed E-state index contributed by atoms with van der Waals surface area (Å²) in [6.07, 6.45) is -3.36. The summed E-state index contributed by atoms with van der Waals surface area (Å²) in [5.74, 6) is 0. The fourth-order valence-electron chi connectivity index (χ4n) is 2.30. The quantitative estimate of drug-likeness (QED) is 0.745. The highest BCUT2D eigenvalue weighted by atomic mass is 19.4. The number of nitrogens with zero attached hydrogens (tertiary/aromatic N) is 2. The lowest BCUT2D eigenvalue weighted by Crippen LogP contribution is -2.62. The minimum absolute atomic E-state index is 0.0903. The summed E-state index contributed by atoms with van der Waals surface area (Å²) >= 11 is 0. The Bertz CT molecular complexity index is 245. The molecule has 2 nitrogen and oxygen atoms in total. The van der Waals surface area contributed by atoms with Gasteiger partial charge in [0.15, 0.2) is 0 Å². The van der Waals surface area contributed by atoms with Crippen molar-refractivity contribution in [2.24, 2.45) is 0 Å². The van der Waals surface area contributed by atoms with E-state index in [1.807, 2.05) is 32.6 Å². The van der Waals surface area contributed by atoms with Gasteiger partial charge >= 0.3 is 6.18 Å². The number of hydrogen-bond donors (Lipinski definition) is 0. The van der Waals surface area contributed by atoms with Crippen molar-refractivity contribution in [2.75, 3.05) is 26.2 Å². The monoisotopic (exact) mass is 252 g/mol. The minimum Gasteiger partial charge on any atom is -0.295 e. The van der Waals surface area contributed by atoms with Crippen molar-refractivity contribution in [3.8, 4) is 0 Å². The third kappa shape index (κ3) is 3.85. The van der Waals surface area contributed by atoms with Crippen molar-refractivity contribution >= 4 is 0 Å². The Labute approximate surface area is 102 Å². The summed E-state index contributed by atoms with van der Waals surface area (Å²) in [6.45, 7) is 9.67. The van der Waals surface area contributed by atoms with E-state index in [9.17, 15) is 13.2 Å². The van der Waals surface area contributed by atoms with Crippen LogP contribution < -0.4 is 0 Å². The third-order valence-corrected chi connectivity index (χ3v) is 3.33. The Morgan fingerprint density at radius 1 is 1.12 bits per heavy atom. The molecule has 1 fully saturated rings. The van der Waals surface area contributed by atoms with Crippen LogP contribution in [0.25, 0.3) is 0 Å². The lowest BCUT2D eigenvalue weighted by molar-refractivity contribution is -0.201. The van der Waals surface area contributed by atoms with Crippen LogP contribution in [0.2, 0.25) is 0 Å². The molecule has 1 heterocycles. The van der Waals surface area contributed by atoms with E-state index >= 15 is 0 Å². The van der Waals surface area contributed by atoms with Crippen molar-refractivity contribution in [1.82, 2.24) is 9.80 Å². The van der Waals surface area contributed by atoms with Gasteiger partial charge in [-0.2, -0.15) is 13.2 Å². The lowest BCUT2D eigenvalue weighted by Gasteiger charge is -2.47. The molecule has 1 aliphatic heterocycles. The molecule has 1 unspecified atom stereocenters. The predicted octanol–water partition coefficient (Wildman–Crippen LogP) is 2.74. The molecule has 0 aliphatic carbocycles. The van der Waals surface area contributed by atoms with Crippen molar-refractivity contribution in [2.45, 2.75) is 51.9 Å². The highest BCUT2D eigenvalue weighted by Crippen LogP contribution is 2.30. The molecule has 0 spiro atoms. The summed E-state index contributed by atoms with van der Waals surface area (Å²) in [5, 5.41) is 0. The normalized spacial score (nSPS) is 25.2. The van der Waals surface area contributed by atoms with Gasteiger partial charge < -0.3 is 0 Å². The van der Waals surface area contributed by atoms with Gasteiger partial charge in [0.25, 0.3) is 0 Å². The highest BCUT2D eigenvalue weighted by Gasteiger charge is 2.47. The summed E-state index contributed by atoms with van der Waals surface area (Å²) in [5.41, 5.74) is -0.193. The molecule has 5 heteroatoms. The maximum absolute atomic E-state index is 13.0. The van der Waals surface area contributed by atoms with Crippen LogP contribution in [0.15, 0.2) is 0 Å². The molecule has 0 aromatic carbocycles. The lowest BCUT2D eigenvalue weighted by atomic mass is 10.0. The maximum atomic E-state index is 13.0. The Hall–Kier alpha value is -0.290. The van der Waals surface area contributed by atoms with E-state index in [-0.39, 0.29) is 12.1 Å². The molecule has 1 saturated heterocycles. The van der Waals surface area contributed by atoms with E-state index in [0.717, 1.165) is 13.0 Å². The summed E-state index contributed by atoms with van der Waals surface area (Å²) in [4.78, 5) is 3.50. The van der Waals surface area contributed by atoms with Gasteiger partial charge in [0.05, 0.1) is 0 Å². The fourth-order valence-corrected chi connectivity index (χ4v) is 2.30. The van der Waals surface area contributed by atoms with Gasteiger partial charge in [-0.15, -0.1) is 0 Å². The van der Waals surface area contributed by atoms with E-state index in [4.69, 9.17) is 0 Å². The third-order valence-electron chi connectivity index (χ3n) is 3.33. The summed E-state index contributed by atoms with van der Waals surface area (Å²) < 4.78 is 39.0. The Kier molecular flexibility index (Phi) is 4.47. The van der Waals surface area contributed by atoms with E-state index < -0.39 is 12.2 Å². The second-order valence-corrected chi connectivity index (χ2v) is 5.71. The van der Waals surface area contributed by atoms with Gasteiger partial charge in [-0.05, 0) is 33.7 Å². The van der Waals surface area contributed by atoms with Crippen molar-refractivity contribution in [3.05, 3.63) is 0 Å². The molecular formula is C12H23F3N2. The Morgan fingerprint density at radius 2 is 1.71 bits per heavy atom. The van der Waals surface area contributed by atoms with Crippen LogP contribution in [0.3, 0.4) is 0 Å². The zero-order valence-corrected chi connectivity index (χ0v) is 11.1. The van der Waals surface area contributed by atoms with Gasteiger partial charge in [-0.1, -0.05) is 6.92 Å².